The van der Waals surface area contributed by atoms with Crippen molar-refractivity contribution in [2.75, 3.05) is 6.61 Å². The third-order valence-corrected chi connectivity index (χ3v) is 5.98. The van der Waals surface area contributed by atoms with Crippen molar-refractivity contribution in [1.82, 2.24) is 0 Å². The van der Waals surface area contributed by atoms with Gasteiger partial charge < -0.3 is 14.9 Å². The molecular weight excluding hydrogens is 228 g/mol. The lowest BCUT2D eigenvalue weighted by Crippen LogP contribution is -2.64. The first-order chi connectivity index (χ1) is 8.28. The summed E-state index contributed by atoms with van der Waals surface area (Å²) < 4.78 is 6.04. The Morgan fingerprint density at radius 3 is 2.61 bits per heavy atom. The van der Waals surface area contributed by atoms with Crippen molar-refractivity contribution in [1.29, 1.82) is 0 Å². The van der Waals surface area contributed by atoms with Crippen molar-refractivity contribution in [3.8, 4) is 0 Å². The molecule has 2 saturated carbocycles. The predicted molar refractivity (Wildman–Crippen MR) is 66.9 cm³/mol. The van der Waals surface area contributed by atoms with Gasteiger partial charge in [-0.2, -0.15) is 0 Å². The van der Waals surface area contributed by atoms with Crippen LogP contribution in [0.1, 0.15) is 33.1 Å². The van der Waals surface area contributed by atoms with Crippen molar-refractivity contribution in [3.63, 3.8) is 0 Å². The van der Waals surface area contributed by atoms with E-state index in [-0.39, 0.29) is 10.8 Å². The second-order valence-electron chi connectivity index (χ2n) is 7.13. The molecule has 4 rings (SSSR count). The smallest absolute Gasteiger partial charge is 0.122 e. The zero-order chi connectivity index (χ0) is 13.0. The maximum Gasteiger partial charge on any atom is 0.122 e. The Balaban J connectivity index is 1.96. The summed E-state index contributed by atoms with van der Waals surface area (Å²) in [6, 6.07) is 0. The number of aliphatic hydroxyl groups excluding tert-OH is 1. The number of ether oxygens (including phenoxy) is 1. The van der Waals surface area contributed by atoms with Crippen LogP contribution in [-0.2, 0) is 4.74 Å². The number of aliphatic hydroxyl groups is 2. The third-order valence-electron chi connectivity index (χ3n) is 5.98. The van der Waals surface area contributed by atoms with Gasteiger partial charge in [-0.05, 0) is 37.3 Å². The molecule has 2 bridgehead atoms. The molecule has 0 aromatic carbocycles. The van der Waals surface area contributed by atoms with Crippen LogP contribution in [0.25, 0.3) is 0 Å². The summed E-state index contributed by atoms with van der Waals surface area (Å²) in [4.78, 5) is 0. The fourth-order valence-corrected chi connectivity index (χ4v) is 4.70. The molecule has 0 aromatic heterocycles. The molecule has 2 spiro atoms. The summed E-state index contributed by atoms with van der Waals surface area (Å²) in [5.74, 6) is 0. The lowest BCUT2D eigenvalue weighted by molar-refractivity contribution is -0.178. The maximum atomic E-state index is 11.2. The van der Waals surface area contributed by atoms with Gasteiger partial charge in [-0.25, -0.2) is 0 Å². The van der Waals surface area contributed by atoms with Gasteiger partial charge in [0.1, 0.15) is 11.2 Å². The molecule has 3 heteroatoms. The first kappa shape index (κ1) is 11.2. The molecule has 4 unspecified atom stereocenters. The van der Waals surface area contributed by atoms with Crippen LogP contribution in [0.2, 0.25) is 0 Å². The van der Waals surface area contributed by atoms with Crippen LogP contribution >= 0.6 is 0 Å². The number of rotatable bonds is 0. The lowest BCUT2D eigenvalue weighted by atomic mass is 9.59. The highest BCUT2D eigenvalue weighted by Crippen LogP contribution is 2.72. The quantitative estimate of drug-likeness (QED) is 0.640. The highest BCUT2D eigenvalue weighted by atomic mass is 16.5. The minimum Gasteiger partial charge on any atom is -0.386 e. The summed E-state index contributed by atoms with van der Waals surface area (Å²) in [5.41, 5.74) is -0.372. The molecule has 3 aliphatic carbocycles. The zero-order valence-electron chi connectivity index (χ0n) is 11.0. The van der Waals surface area contributed by atoms with Gasteiger partial charge in [0.05, 0.1) is 12.7 Å². The molecule has 0 amide bonds. The molecule has 4 atom stereocenters. The molecular formula is C15H20O3. The molecule has 18 heavy (non-hydrogen) atoms. The largest absolute Gasteiger partial charge is 0.386 e. The van der Waals surface area contributed by atoms with E-state index in [2.05, 4.69) is 19.6 Å². The molecule has 3 nitrogen and oxygen atoms in total. The molecule has 2 N–H and O–H groups in total. The minimum absolute atomic E-state index is 0.0407. The molecule has 0 aromatic rings. The van der Waals surface area contributed by atoms with E-state index in [0.29, 0.717) is 6.61 Å². The van der Waals surface area contributed by atoms with Crippen molar-refractivity contribution in [3.05, 3.63) is 23.8 Å². The minimum atomic E-state index is -0.948. The summed E-state index contributed by atoms with van der Waals surface area (Å²) in [6.07, 6.45) is 4.08. The SMILES string of the molecule is C=C1C(O)C2=CC3(C)COC2(C3)C(C)(O)C12CC2. The van der Waals surface area contributed by atoms with E-state index >= 15 is 0 Å². The molecule has 4 aliphatic rings. The van der Waals surface area contributed by atoms with Gasteiger partial charge in [-0.15, -0.1) is 0 Å². The lowest BCUT2D eigenvalue weighted by Gasteiger charge is -2.54. The van der Waals surface area contributed by atoms with Crippen LogP contribution in [0.15, 0.2) is 23.8 Å². The average molecular weight is 248 g/mol. The predicted octanol–water partition coefficient (Wildman–Crippen LogP) is 1.55. The van der Waals surface area contributed by atoms with Crippen LogP contribution < -0.4 is 0 Å². The number of hydrogen-bond acceptors (Lipinski definition) is 3. The first-order valence-corrected chi connectivity index (χ1v) is 6.75. The van der Waals surface area contributed by atoms with Gasteiger partial charge in [-0.3, -0.25) is 0 Å². The fraction of sp³-hybridized carbons (Fsp3) is 0.733. The Kier molecular flexibility index (Phi) is 1.63. The van der Waals surface area contributed by atoms with E-state index in [0.717, 1.165) is 30.4 Å². The van der Waals surface area contributed by atoms with Crippen LogP contribution in [0.4, 0.5) is 0 Å². The normalized spacial score (nSPS) is 55.7. The Hall–Kier alpha value is -0.640. The third kappa shape index (κ3) is 0.869. The second kappa shape index (κ2) is 2.62. The van der Waals surface area contributed by atoms with E-state index in [4.69, 9.17) is 4.74 Å². The van der Waals surface area contributed by atoms with Crippen molar-refractivity contribution >= 4 is 0 Å². The number of hydrogen-bond donors (Lipinski definition) is 2. The van der Waals surface area contributed by atoms with E-state index < -0.39 is 17.3 Å². The van der Waals surface area contributed by atoms with E-state index in [1.54, 1.807) is 0 Å². The van der Waals surface area contributed by atoms with E-state index in [9.17, 15) is 10.2 Å². The van der Waals surface area contributed by atoms with Gasteiger partial charge in [0, 0.05) is 10.8 Å². The van der Waals surface area contributed by atoms with Gasteiger partial charge in [0.2, 0.25) is 0 Å². The monoisotopic (exact) mass is 248 g/mol. The molecule has 0 radical (unpaired) electrons. The van der Waals surface area contributed by atoms with Gasteiger partial charge >= 0.3 is 0 Å². The highest BCUT2D eigenvalue weighted by molar-refractivity contribution is 5.52. The first-order valence-electron chi connectivity index (χ1n) is 6.75. The Labute approximate surface area is 107 Å². The van der Waals surface area contributed by atoms with Crippen LogP contribution in [0.5, 0.6) is 0 Å². The molecule has 1 heterocycles. The summed E-state index contributed by atoms with van der Waals surface area (Å²) in [6.45, 7) is 8.72. The van der Waals surface area contributed by atoms with Crippen molar-refractivity contribution in [2.45, 2.75) is 50.4 Å². The molecule has 1 aliphatic heterocycles. The van der Waals surface area contributed by atoms with Crippen molar-refractivity contribution in [2.24, 2.45) is 10.8 Å². The van der Waals surface area contributed by atoms with Gasteiger partial charge in [0.15, 0.2) is 0 Å². The fourth-order valence-electron chi connectivity index (χ4n) is 4.70. The average Bonchev–Trinajstić information content (AvgIpc) is 2.97. The zero-order valence-corrected chi connectivity index (χ0v) is 11.0. The van der Waals surface area contributed by atoms with Crippen molar-refractivity contribution < 1.29 is 14.9 Å². The van der Waals surface area contributed by atoms with Gasteiger partial charge in [-0.1, -0.05) is 19.6 Å². The standard InChI is InChI=1S/C15H20O3/c1-9-11(16)10-6-12(2)7-15(10,18-8-12)13(3,17)14(9)4-5-14/h6,11,16-17H,1,4-5,7-8H2,2-3H3. The Morgan fingerprint density at radius 1 is 1.39 bits per heavy atom. The number of fused-ring (bicyclic) bond motifs is 1. The van der Waals surface area contributed by atoms with Gasteiger partial charge in [0.25, 0.3) is 0 Å². The maximum absolute atomic E-state index is 11.2. The highest BCUT2D eigenvalue weighted by Gasteiger charge is 2.76. The molecule has 3 fully saturated rings. The molecule has 1 saturated heterocycles. The van der Waals surface area contributed by atoms with E-state index in [1.165, 1.54) is 0 Å². The summed E-state index contributed by atoms with van der Waals surface area (Å²) in [7, 11) is 0. The summed E-state index contributed by atoms with van der Waals surface area (Å²) in [5, 5.41) is 21.7. The summed E-state index contributed by atoms with van der Waals surface area (Å²) >= 11 is 0. The van der Waals surface area contributed by atoms with Crippen LogP contribution in [-0.4, -0.2) is 34.1 Å². The van der Waals surface area contributed by atoms with Crippen LogP contribution in [0.3, 0.4) is 0 Å². The molecule has 98 valence electrons. The second-order valence-corrected chi connectivity index (χ2v) is 7.13. The Morgan fingerprint density at radius 2 is 2.06 bits per heavy atom. The van der Waals surface area contributed by atoms with Crippen LogP contribution in [0, 0.1) is 10.8 Å². The Bertz CT molecular complexity index is 500. The van der Waals surface area contributed by atoms with E-state index in [1.807, 2.05) is 6.92 Å². The topological polar surface area (TPSA) is 49.7 Å².